The first-order valence-electron chi connectivity index (χ1n) is 5.25. The number of carbonyl (C=O) groups is 1. The van der Waals surface area contributed by atoms with E-state index in [-0.39, 0.29) is 12.2 Å². The van der Waals surface area contributed by atoms with Crippen molar-refractivity contribution in [2.75, 3.05) is 6.54 Å². The standard InChI is InChI=1S/C12H16FNO2/c1-3-14-11(7-12(15)16)9-6-8(2)4-5-10(9)13/h4-6,11,14H,3,7H2,1-2H3,(H,15,16). The first-order chi connectivity index (χ1) is 7.54. The van der Waals surface area contributed by atoms with Gasteiger partial charge in [-0.15, -0.1) is 0 Å². The van der Waals surface area contributed by atoms with Crippen LogP contribution in [-0.4, -0.2) is 17.6 Å². The maximum absolute atomic E-state index is 13.6. The van der Waals surface area contributed by atoms with Gasteiger partial charge in [-0.25, -0.2) is 4.39 Å². The van der Waals surface area contributed by atoms with E-state index in [0.29, 0.717) is 12.1 Å². The third-order valence-electron chi connectivity index (χ3n) is 2.36. The molecule has 0 aliphatic rings. The van der Waals surface area contributed by atoms with Gasteiger partial charge >= 0.3 is 5.97 Å². The number of aliphatic carboxylic acids is 1. The van der Waals surface area contributed by atoms with Crippen LogP contribution < -0.4 is 5.32 Å². The molecule has 1 rings (SSSR count). The van der Waals surface area contributed by atoms with E-state index in [2.05, 4.69) is 5.32 Å². The Morgan fingerprint density at radius 3 is 2.81 bits per heavy atom. The number of aryl methyl sites for hydroxylation is 1. The highest BCUT2D eigenvalue weighted by Gasteiger charge is 2.17. The second-order valence-corrected chi connectivity index (χ2v) is 3.73. The highest BCUT2D eigenvalue weighted by Crippen LogP contribution is 2.21. The minimum Gasteiger partial charge on any atom is -0.481 e. The fourth-order valence-corrected chi connectivity index (χ4v) is 1.64. The van der Waals surface area contributed by atoms with Gasteiger partial charge in [0.05, 0.1) is 6.42 Å². The van der Waals surface area contributed by atoms with E-state index in [1.165, 1.54) is 6.07 Å². The molecule has 1 atom stereocenters. The molecule has 88 valence electrons. The van der Waals surface area contributed by atoms with Gasteiger partial charge in [-0.2, -0.15) is 0 Å². The van der Waals surface area contributed by atoms with Crippen LogP contribution in [0.25, 0.3) is 0 Å². The van der Waals surface area contributed by atoms with Crippen LogP contribution in [-0.2, 0) is 4.79 Å². The number of carboxylic acids is 1. The average Bonchev–Trinajstić information content (AvgIpc) is 2.20. The zero-order valence-electron chi connectivity index (χ0n) is 9.46. The van der Waals surface area contributed by atoms with E-state index in [4.69, 9.17) is 5.11 Å². The molecule has 1 aromatic carbocycles. The maximum Gasteiger partial charge on any atom is 0.305 e. The molecular formula is C12H16FNO2. The fraction of sp³-hybridized carbons (Fsp3) is 0.417. The molecule has 0 aromatic heterocycles. The molecule has 1 aromatic rings. The van der Waals surface area contributed by atoms with E-state index < -0.39 is 12.0 Å². The molecule has 0 radical (unpaired) electrons. The topological polar surface area (TPSA) is 49.3 Å². The smallest absolute Gasteiger partial charge is 0.305 e. The summed E-state index contributed by atoms with van der Waals surface area (Å²) >= 11 is 0. The van der Waals surface area contributed by atoms with Crippen molar-refractivity contribution in [2.24, 2.45) is 0 Å². The molecule has 0 heterocycles. The summed E-state index contributed by atoms with van der Waals surface area (Å²) < 4.78 is 13.6. The van der Waals surface area contributed by atoms with Crippen molar-refractivity contribution < 1.29 is 14.3 Å². The Morgan fingerprint density at radius 1 is 1.56 bits per heavy atom. The molecule has 0 amide bonds. The number of hydrogen-bond acceptors (Lipinski definition) is 2. The summed E-state index contributed by atoms with van der Waals surface area (Å²) in [5, 5.41) is 11.7. The molecule has 3 nitrogen and oxygen atoms in total. The van der Waals surface area contributed by atoms with Crippen molar-refractivity contribution in [1.29, 1.82) is 0 Å². The lowest BCUT2D eigenvalue weighted by molar-refractivity contribution is -0.137. The quantitative estimate of drug-likeness (QED) is 0.808. The van der Waals surface area contributed by atoms with E-state index in [1.807, 2.05) is 13.8 Å². The van der Waals surface area contributed by atoms with Gasteiger partial charge in [0.1, 0.15) is 5.82 Å². The predicted octanol–water partition coefficient (Wildman–Crippen LogP) is 2.26. The molecule has 0 saturated heterocycles. The molecule has 0 fully saturated rings. The van der Waals surface area contributed by atoms with Gasteiger partial charge in [-0.1, -0.05) is 24.6 Å². The monoisotopic (exact) mass is 225 g/mol. The SMILES string of the molecule is CCNC(CC(=O)O)c1cc(C)ccc1F. The van der Waals surface area contributed by atoms with Gasteiger partial charge in [0.2, 0.25) is 0 Å². The number of benzene rings is 1. The summed E-state index contributed by atoms with van der Waals surface area (Å²) in [4.78, 5) is 10.7. The molecule has 16 heavy (non-hydrogen) atoms. The van der Waals surface area contributed by atoms with Gasteiger partial charge < -0.3 is 10.4 Å². The molecule has 0 spiro atoms. The Kier molecular flexibility index (Phi) is 4.43. The zero-order valence-corrected chi connectivity index (χ0v) is 9.46. The van der Waals surface area contributed by atoms with Gasteiger partial charge in [0.25, 0.3) is 0 Å². The summed E-state index contributed by atoms with van der Waals surface area (Å²) in [6.45, 7) is 4.32. The molecule has 0 bridgehead atoms. The largest absolute Gasteiger partial charge is 0.481 e. The van der Waals surface area contributed by atoms with Crippen LogP contribution in [0, 0.1) is 12.7 Å². The van der Waals surface area contributed by atoms with E-state index in [0.717, 1.165) is 5.56 Å². The van der Waals surface area contributed by atoms with Gasteiger partial charge in [-0.05, 0) is 19.5 Å². The zero-order chi connectivity index (χ0) is 12.1. The van der Waals surface area contributed by atoms with Crippen LogP contribution in [0.1, 0.15) is 30.5 Å². The van der Waals surface area contributed by atoms with Crippen LogP contribution in [0.3, 0.4) is 0 Å². The van der Waals surface area contributed by atoms with E-state index in [1.54, 1.807) is 12.1 Å². The number of nitrogens with one attached hydrogen (secondary N) is 1. The summed E-state index contributed by atoms with van der Waals surface area (Å²) in [5.41, 5.74) is 1.34. The number of rotatable bonds is 5. The van der Waals surface area contributed by atoms with Crippen molar-refractivity contribution in [3.05, 3.63) is 35.1 Å². The molecule has 0 aliphatic carbocycles. The Labute approximate surface area is 94.3 Å². The Bertz CT molecular complexity index is 379. The second kappa shape index (κ2) is 5.61. The van der Waals surface area contributed by atoms with Crippen molar-refractivity contribution in [3.8, 4) is 0 Å². The molecule has 1 unspecified atom stereocenters. The van der Waals surface area contributed by atoms with E-state index >= 15 is 0 Å². The lowest BCUT2D eigenvalue weighted by Crippen LogP contribution is -2.24. The first-order valence-corrected chi connectivity index (χ1v) is 5.25. The van der Waals surface area contributed by atoms with Gasteiger partial charge in [0.15, 0.2) is 0 Å². The second-order valence-electron chi connectivity index (χ2n) is 3.73. The van der Waals surface area contributed by atoms with Crippen molar-refractivity contribution in [3.63, 3.8) is 0 Å². The summed E-state index contributed by atoms with van der Waals surface area (Å²) in [6.07, 6.45) is -0.117. The van der Waals surface area contributed by atoms with E-state index in [9.17, 15) is 9.18 Å². The summed E-state index contributed by atoms with van der Waals surface area (Å²) in [5.74, 6) is -1.30. The predicted molar refractivity (Wildman–Crippen MR) is 59.8 cm³/mol. The number of hydrogen-bond donors (Lipinski definition) is 2. The Hall–Kier alpha value is -1.42. The average molecular weight is 225 g/mol. The molecule has 0 aliphatic heterocycles. The van der Waals surface area contributed by atoms with Crippen molar-refractivity contribution in [2.45, 2.75) is 26.3 Å². The number of carboxylic acid groups (broad SMARTS) is 1. The van der Waals surface area contributed by atoms with Crippen LogP contribution in [0.15, 0.2) is 18.2 Å². The molecule has 2 N–H and O–H groups in total. The van der Waals surface area contributed by atoms with Crippen LogP contribution in [0.2, 0.25) is 0 Å². The van der Waals surface area contributed by atoms with Crippen LogP contribution in [0.4, 0.5) is 4.39 Å². The molecular weight excluding hydrogens is 209 g/mol. The molecule has 0 saturated carbocycles. The minimum absolute atomic E-state index is 0.117. The summed E-state index contributed by atoms with van der Waals surface area (Å²) in [7, 11) is 0. The maximum atomic E-state index is 13.6. The normalized spacial score (nSPS) is 12.4. The van der Waals surface area contributed by atoms with Crippen LogP contribution >= 0.6 is 0 Å². The van der Waals surface area contributed by atoms with Gasteiger partial charge in [-0.3, -0.25) is 4.79 Å². The third-order valence-corrected chi connectivity index (χ3v) is 2.36. The van der Waals surface area contributed by atoms with Crippen LogP contribution in [0.5, 0.6) is 0 Å². The third kappa shape index (κ3) is 3.31. The number of halogens is 1. The van der Waals surface area contributed by atoms with Gasteiger partial charge in [0, 0.05) is 11.6 Å². The Morgan fingerprint density at radius 2 is 2.25 bits per heavy atom. The summed E-state index contributed by atoms with van der Waals surface area (Å²) in [6, 6.07) is 4.26. The first kappa shape index (κ1) is 12.6. The Balaban J connectivity index is 2.99. The fourth-order valence-electron chi connectivity index (χ4n) is 1.64. The highest BCUT2D eigenvalue weighted by molar-refractivity contribution is 5.68. The van der Waals surface area contributed by atoms with Crippen molar-refractivity contribution >= 4 is 5.97 Å². The molecule has 4 heteroatoms. The lowest BCUT2D eigenvalue weighted by atomic mass is 10.0. The minimum atomic E-state index is -0.938. The van der Waals surface area contributed by atoms with Crippen molar-refractivity contribution in [1.82, 2.24) is 5.32 Å². The highest BCUT2D eigenvalue weighted by atomic mass is 19.1. The lowest BCUT2D eigenvalue weighted by Gasteiger charge is -2.17.